The first-order valence-electron chi connectivity index (χ1n) is 6.86. The second kappa shape index (κ2) is 7.62. The molecule has 6 heteroatoms. The fraction of sp³-hybridized carbons (Fsp3) is 0.176. The molecule has 0 unspecified atom stereocenters. The molecule has 1 N–H and O–H groups in total. The van der Waals surface area contributed by atoms with Crippen molar-refractivity contribution < 1.29 is 14.3 Å². The second-order valence-electron chi connectivity index (χ2n) is 5.08. The quantitative estimate of drug-likeness (QED) is 0.773. The van der Waals surface area contributed by atoms with Crippen molar-refractivity contribution in [3.05, 3.63) is 62.6 Å². The third-order valence-corrected chi connectivity index (χ3v) is 4.33. The number of hydrogen-bond acceptors (Lipinski definition) is 3. The molecule has 0 bridgehead atoms. The van der Waals surface area contributed by atoms with Crippen molar-refractivity contribution in [2.45, 2.75) is 13.8 Å². The predicted molar refractivity (Wildman–Crippen MR) is 94.0 cm³/mol. The highest BCUT2D eigenvalue weighted by Gasteiger charge is 2.12. The van der Waals surface area contributed by atoms with Crippen LogP contribution in [0.4, 0.5) is 5.69 Å². The van der Waals surface area contributed by atoms with Gasteiger partial charge in [0.2, 0.25) is 0 Å². The van der Waals surface area contributed by atoms with Gasteiger partial charge in [-0.05, 0) is 59.6 Å². The van der Waals surface area contributed by atoms with Gasteiger partial charge in [-0.3, -0.25) is 4.79 Å². The Morgan fingerprint density at radius 1 is 1.22 bits per heavy atom. The van der Waals surface area contributed by atoms with E-state index in [1.54, 1.807) is 30.3 Å². The van der Waals surface area contributed by atoms with Gasteiger partial charge >= 0.3 is 5.97 Å². The van der Waals surface area contributed by atoms with Crippen molar-refractivity contribution in [1.29, 1.82) is 0 Å². The van der Waals surface area contributed by atoms with Crippen LogP contribution < -0.4 is 5.32 Å². The van der Waals surface area contributed by atoms with Crippen molar-refractivity contribution in [2.24, 2.45) is 0 Å². The highest BCUT2D eigenvalue weighted by molar-refractivity contribution is 9.10. The monoisotopic (exact) mass is 395 g/mol. The molecule has 0 saturated carbocycles. The van der Waals surface area contributed by atoms with E-state index in [4.69, 9.17) is 16.3 Å². The molecule has 1 amide bonds. The topological polar surface area (TPSA) is 55.4 Å². The summed E-state index contributed by atoms with van der Waals surface area (Å²) in [6.45, 7) is 3.36. The Morgan fingerprint density at radius 3 is 2.65 bits per heavy atom. The molecule has 2 rings (SSSR count). The minimum Gasteiger partial charge on any atom is -0.452 e. The van der Waals surface area contributed by atoms with Crippen molar-refractivity contribution in [3.63, 3.8) is 0 Å². The lowest BCUT2D eigenvalue weighted by atomic mass is 10.1. The number of hydrogen-bond donors (Lipinski definition) is 1. The van der Waals surface area contributed by atoms with E-state index in [-0.39, 0.29) is 6.61 Å². The number of ether oxygens (including phenoxy) is 1. The molecular formula is C17H15BrClNO3. The van der Waals surface area contributed by atoms with Gasteiger partial charge in [0.25, 0.3) is 5.91 Å². The van der Waals surface area contributed by atoms with Gasteiger partial charge < -0.3 is 10.1 Å². The van der Waals surface area contributed by atoms with Crippen molar-refractivity contribution in [2.75, 3.05) is 11.9 Å². The molecular weight excluding hydrogens is 382 g/mol. The third-order valence-electron chi connectivity index (χ3n) is 3.13. The number of anilines is 1. The summed E-state index contributed by atoms with van der Waals surface area (Å²) in [5.74, 6) is -0.957. The molecule has 0 aliphatic heterocycles. The molecule has 0 aromatic heterocycles. The normalized spacial score (nSPS) is 10.3. The molecule has 120 valence electrons. The van der Waals surface area contributed by atoms with Gasteiger partial charge in [-0.25, -0.2) is 4.79 Å². The Balaban J connectivity index is 1.95. The van der Waals surface area contributed by atoms with Crippen LogP contribution in [-0.4, -0.2) is 18.5 Å². The van der Waals surface area contributed by atoms with Gasteiger partial charge in [0, 0.05) is 10.2 Å². The van der Waals surface area contributed by atoms with Crippen LogP contribution in [0.3, 0.4) is 0 Å². The molecule has 0 fully saturated rings. The van der Waals surface area contributed by atoms with Crippen LogP contribution >= 0.6 is 27.5 Å². The first kappa shape index (κ1) is 17.5. The maximum atomic E-state index is 11.9. The highest BCUT2D eigenvalue weighted by Crippen LogP contribution is 2.28. The number of rotatable bonds is 4. The molecule has 2 aromatic carbocycles. The van der Waals surface area contributed by atoms with Crippen LogP contribution in [0.1, 0.15) is 21.5 Å². The fourth-order valence-electron chi connectivity index (χ4n) is 1.95. The summed E-state index contributed by atoms with van der Waals surface area (Å²) < 4.78 is 5.77. The zero-order chi connectivity index (χ0) is 17.0. The maximum absolute atomic E-state index is 11.9. The molecule has 0 aliphatic carbocycles. The second-order valence-corrected chi connectivity index (χ2v) is 6.34. The number of carbonyl (C=O) groups excluding carboxylic acids is 2. The van der Waals surface area contributed by atoms with Crippen molar-refractivity contribution in [3.8, 4) is 0 Å². The summed E-state index contributed by atoms with van der Waals surface area (Å²) in [7, 11) is 0. The zero-order valence-corrected chi connectivity index (χ0v) is 15.0. The standard InChI is InChI=1S/C17H15BrClNO3/c1-10-4-3-5-12(6-10)17(22)23-9-16(21)20-15-8-14(19)13(18)7-11(15)2/h3-8H,9H2,1-2H3,(H,20,21). The van der Waals surface area contributed by atoms with E-state index in [1.807, 2.05) is 19.9 Å². The number of nitrogens with one attached hydrogen (secondary N) is 1. The largest absolute Gasteiger partial charge is 0.452 e. The van der Waals surface area contributed by atoms with Crippen LogP contribution in [0.25, 0.3) is 0 Å². The Bertz CT molecular complexity index is 761. The predicted octanol–water partition coefficient (Wildman–Crippen LogP) is 4.51. The van der Waals surface area contributed by atoms with E-state index in [1.165, 1.54) is 0 Å². The highest BCUT2D eigenvalue weighted by atomic mass is 79.9. The lowest BCUT2D eigenvalue weighted by Crippen LogP contribution is -2.21. The van der Waals surface area contributed by atoms with Crippen LogP contribution in [0.15, 0.2) is 40.9 Å². The lowest BCUT2D eigenvalue weighted by Gasteiger charge is -2.10. The van der Waals surface area contributed by atoms with E-state index >= 15 is 0 Å². The van der Waals surface area contributed by atoms with Crippen LogP contribution in [-0.2, 0) is 9.53 Å². The average Bonchev–Trinajstić information content (AvgIpc) is 2.50. The van der Waals surface area contributed by atoms with Crippen LogP contribution in [0.2, 0.25) is 5.02 Å². The average molecular weight is 397 g/mol. The van der Waals surface area contributed by atoms with Crippen molar-refractivity contribution in [1.82, 2.24) is 0 Å². The number of carbonyl (C=O) groups is 2. The van der Waals surface area contributed by atoms with Crippen molar-refractivity contribution >= 4 is 45.1 Å². The number of halogens is 2. The zero-order valence-electron chi connectivity index (χ0n) is 12.7. The molecule has 2 aromatic rings. The Morgan fingerprint density at radius 2 is 1.96 bits per heavy atom. The molecule has 0 saturated heterocycles. The number of aryl methyl sites for hydroxylation is 2. The van der Waals surface area contributed by atoms with Gasteiger partial charge in [0.1, 0.15) is 0 Å². The van der Waals surface area contributed by atoms with E-state index in [0.717, 1.165) is 15.6 Å². The Hall–Kier alpha value is -1.85. The van der Waals surface area contributed by atoms with E-state index < -0.39 is 11.9 Å². The summed E-state index contributed by atoms with van der Waals surface area (Å²) >= 11 is 9.32. The van der Waals surface area contributed by atoms with Crippen LogP contribution in [0, 0.1) is 13.8 Å². The minimum absolute atomic E-state index is 0.361. The number of amides is 1. The molecule has 4 nitrogen and oxygen atoms in total. The van der Waals surface area contributed by atoms with E-state index in [9.17, 15) is 9.59 Å². The van der Waals surface area contributed by atoms with Gasteiger partial charge in [-0.2, -0.15) is 0 Å². The summed E-state index contributed by atoms with van der Waals surface area (Å²) in [4.78, 5) is 23.8. The maximum Gasteiger partial charge on any atom is 0.338 e. The summed E-state index contributed by atoms with van der Waals surface area (Å²) in [6.07, 6.45) is 0. The Labute approximate surface area is 147 Å². The number of esters is 1. The third kappa shape index (κ3) is 4.81. The minimum atomic E-state index is -0.533. The van der Waals surface area contributed by atoms with Gasteiger partial charge in [0.15, 0.2) is 6.61 Å². The first-order valence-corrected chi connectivity index (χ1v) is 8.03. The molecule has 0 aliphatic rings. The van der Waals surface area contributed by atoms with Gasteiger partial charge in [0.05, 0.1) is 10.6 Å². The molecule has 0 heterocycles. The molecule has 0 radical (unpaired) electrons. The molecule has 0 spiro atoms. The summed E-state index contributed by atoms with van der Waals surface area (Å²) in [6, 6.07) is 10.4. The summed E-state index contributed by atoms with van der Waals surface area (Å²) in [5, 5.41) is 3.16. The Kier molecular flexibility index (Phi) is 5.80. The molecule has 0 atom stereocenters. The van der Waals surface area contributed by atoms with E-state index in [2.05, 4.69) is 21.2 Å². The molecule has 23 heavy (non-hydrogen) atoms. The van der Waals surface area contributed by atoms with Crippen LogP contribution in [0.5, 0.6) is 0 Å². The number of benzene rings is 2. The first-order chi connectivity index (χ1) is 10.9. The lowest BCUT2D eigenvalue weighted by molar-refractivity contribution is -0.119. The summed E-state index contributed by atoms with van der Waals surface area (Å²) in [5.41, 5.74) is 2.79. The van der Waals surface area contributed by atoms with Gasteiger partial charge in [-0.15, -0.1) is 0 Å². The van der Waals surface area contributed by atoms with Gasteiger partial charge in [-0.1, -0.05) is 29.3 Å². The SMILES string of the molecule is Cc1cccc(C(=O)OCC(=O)Nc2cc(Cl)c(Br)cc2C)c1. The fourth-order valence-corrected chi connectivity index (χ4v) is 2.58. The van der Waals surface area contributed by atoms with E-state index in [0.29, 0.717) is 16.3 Å². The smallest absolute Gasteiger partial charge is 0.338 e.